The van der Waals surface area contributed by atoms with Crippen molar-refractivity contribution in [1.29, 1.82) is 0 Å². The van der Waals surface area contributed by atoms with Crippen LogP contribution >= 0.6 is 11.6 Å². The molecular weight excluding hydrogens is 280 g/mol. The fraction of sp³-hybridized carbons (Fsp3) is 0.611. The van der Waals surface area contributed by atoms with Crippen molar-refractivity contribution in [2.45, 2.75) is 46.1 Å². The zero-order valence-electron chi connectivity index (χ0n) is 13.1. The Kier molecular flexibility index (Phi) is 2.91. The number of allylic oxidation sites excluding steroid dienone is 4. The summed E-state index contributed by atoms with van der Waals surface area (Å²) in [6.45, 7) is 8.84. The van der Waals surface area contributed by atoms with Gasteiger partial charge in [-0.3, -0.25) is 4.99 Å². The SMILES string of the molecule is CCN1C2=C3CC1C(C)C1(C)C=NCC(Cl)=CC3=C1CC2. The Morgan fingerprint density at radius 2 is 2.24 bits per heavy atom. The van der Waals surface area contributed by atoms with Gasteiger partial charge in [-0.1, -0.05) is 31.0 Å². The first kappa shape index (κ1) is 13.6. The first-order valence-electron chi connectivity index (χ1n) is 8.16. The van der Waals surface area contributed by atoms with Crippen LogP contribution < -0.4 is 0 Å². The van der Waals surface area contributed by atoms with Gasteiger partial charge in [0.1, 0.15) is 0 Å². The Balaban J connectivity index is 2.02. The number of likely N-dealkylation sites (tertiary alicyclic amines) is 1. The van der Waals surface area contributed by atoms with E-state index in [1.807, 2.05) is 0 Å². The number of hydrogen-bond acceptors (Lipinski definition) is 2. The summed E-state index contributed by atoms with van der Waals surface area (Å²) in [6, 6.07) is 0.620. The Hall–Kier alpha value is -1.02. The molecule has 0 aromatic rings. The maximum absolute atomic E-state index is 6.39. The van der Waals surface area contributed by atoms with Crippen molar-refractivity contribution in [1.82, 2.24) is 4.90 Å². The van der Waals surface area contributed by atoms with Gasteiger partial charge in [-0.15, -0.1) is 0 Å². The van der Waals surface area contributed by atoms with E-state index in [4.69, 9.17) is 11.6 Å². The third-order valence-corrected chi connectivity index (χ3v) is 6.42. The van der Waals surface area contributed by atoms with Crippen molar-refractivity contribution in [3.05, 3.63) is 33.5 Å². The number of aliphatic imine (C=N–C) groups is 1. The molecule has 0 aromatic carbocycles. The monoisotopic (exact) mass is 302 g/mol. The van der Waals surface area contributed by atoms with E-state index >= 15 is 0 Å². The van der Waals surface area contributed by atoms with Gasteiger partial charge in [-0.2, -0.15) is 0 Å². The predicted octanol–water partition coefficient (Wildman–Crippen LogP) is 4.29. The molecule has 112 valence electrons. The van der Waals surface area contributed by atoms with Gasteiger partial charge in [0.25, 0.3) is 0 Å². The topological polar surface area (TPSA) is 15.6 Å². The van der Waals surface area contributed by atoms with Gasteiger partial charge in [0, 0.05) is 34.9 Å². The molecule has 2 nitrogen and oxygen atoms in total. The molecule has 3 unspecified atom stereocenters. The standard InChI is InChI=1S/C18H23ClN2/c1-4-21-16-6-5-15-13-7-12(19)9-20-10-18(15,3)11(2)17(21)8-14(13)16/h7,10-11,17H,4-6,8-9H2,1-3H3. The zero-order valence-corrected chi connectivity index (χ0v) is 13.9. The van der Waals surface area contributed by atoms with Crippen molar-refractivity contribution in [2.24, 2.45) is 16.3 Å². The minimum absolute atomic E-state index is 0.0786. The van der Waals surface area contributed by atoms with Crippen LogP contribution in [-0.4, -0.2) is 30.2 Å². The third kappa shape index (κ3) is 1.69. The summed E-state index contributed by atoms with van der Waals surface area (Å²) < 4.78 is 0. The van der Waals surface area contributed by atoms with Crippen molar-refractivity contribution in [3.8, 4) is 0 Å². The van der Waals surface area contributed by atoms with E-state index in [-0.39, 0.29) is 5.41 Å². The first-order chi connectivity index (χ1) is 10.1. The molecule has 0 radical (unpaired) electrons. The highest BCUT2D eigenvalue weighted by atomic mass is 35.5. The molecular formula is C18H23ClN2. The van der Waals surface area contributed by atoms with Crippen LogP contribution in [0.3, 0.4) is 0 Å². The highest BCUT2D eigenvalue weighted by Gasteiger charge is 2.50. The van der Waals surface area contributed by atoms with Crippen LogP contribution in [0, 0.1) is 11.3 Å². The average molecular weight is 303 g/mol. The van der Waals surface area contributed by atoms with Gasteiger partial charge < -0.3 is 4.90 Å². The molecule has 0 fully saturated rings. The molecule has 0 saturated carbocycles. The Morgan fingerprint density at radius 1 is 1.43 bits per heavy atom. The molecule has 0 amide bonds. The molecule has 2 aliphatic carbocycles. The van der Waals surface area contributed by atoms with Crippen LogP contribution in [0.5, 0.6) is 0 Å². The van der Waals surface area contributed by atoms with Gasteiger partial charge in [0.2, 0.25) is 0 Å². The van der Waals surface area contributed by atoms with Gasteiger partial charge in [0.15, 0.2) is 0 Å². The van der Waals surface area contributed by atoms with Gasteiger partial charge in [-0.25, -0.2) is 0 Å². The molecule has 3 heteroatoms. The molecule has 0 spiro atoms. The van der Waals surface area contributed by atoms with E-state index in [2.05, 4.69) is 43.0 Å². The molecule has 0 aromatic heterocycles. The highest BCUT2D eigenvalue weighted by Crippen LogP contribution is 2.56. The van der Waals surface area contributed by atoms with Gasteiger partial charge in [0.05, 0.1) is 6.54 Å². The number of fused-ring (bicyclic) bond motifs is 1. The lowest BCUT2D eigenvalue weighted by Crippen LogP contribution is -2.46. The summed E-state index contributed by atoms with van der Waals surface area (Å²) in [4.78, 5) is 7.31. The van der Waals surface area contributed by atoms with Gasteiger partial charge in [-0.05, 0) is 49.3 Å². The van der Waals surface area contributed by atoms with Gasteiger partial charge >= 0.3 is 0 Å². The Labute approximate surface area is 132 Å². The molecule has 5 bridgehead atoms. The number of hydrogen-bond donors (Lipinski definition) is 0. The van der Waals surface area contributed by atoms with E-state index in [0.29, 0.717) is 18.5 Å². The van der Waals surface area contributed by atoms with E-state index in [1.54, 1.807) is 16.8 Å². The second-order valence-electron chi connectivity index (χ2n) is 7.01. The summed E-state index contributed by atoms with van der Waals surface area (Å²) >= 11 is 6.39. The summed E-state index contributed by atoms with van der Waals surface area (Å²) in [7, 11) is 0. The van der Waals surface area contributed by atoms with E-state index < -0.39 is 0 Å². The molecule has 4 rings (SSSR count). The predicted molar refractivity (Wildman–Crippen MR) is 88.6 cm³/mol. The summed E-state index contributed by atoms with van der Waals surface area (Å²) in [5, 5.41) is 0.871. The van der Waals surface area contributed by atoms with Crippen molar-refractivity contribution >= 4 is 17.8 Å². The Morgan fingerprint density at radius 3 is 3.00 bits per heavy atom. The van der Waals surface area contributed by atoms with Crippen molar-refractivity contribution < 1.29 is 0 Å². The van der Waals surface area contributed by atoms with Crippen molar-refractivity contribution in [3.63, 3.8) is 0 Å². The molecule has 4 aliphatic rings. The first-order valence-corrected chi connectivity index (χ1v) is 8.53. The summed E-state index contributed by atoms with van der Waals surface area (Å²) in [5.74, 6) is 0.590. The lowest BCUT2D eigenvalue weighted by Gasteiger charge is -2.46. The molecule has 2 heterocycles. The second-order valence-corrected chi connectivity index (χ2v) is 7.49. The number of rotatable bonds is 1. The molecule has 0 saturated heterocycles. The van der Waals surface area contributed by atoms with Crippen LogP contribution in [0.15, 0.2) is 38.5 Å². The highest BCUT2D eigenvalue weighted by molar-refractivity contribution is 6.30. The largest absolute Gasteiger partial charge is 0.371 e. The number of nitrogens with zero attached hydrogens (tertiary/aromatic N) is 2. The van der Waals surface area contributed by atoms with Crippen LogP contribution in [0.2, 0.25) is 0 Å². The van der Waals surface area contributed by atoms with Crippen LogP contribution in [0.25, 0.3) is 0 Å². The lowest BCUT2D eigenvalue weighted by molar-refractivity contribution is 0.156. The van der Waals surface area contributed by atoms with E-state index in [0.717, 1.165) is 18.0 Å². The fourth-order valence-electron chi connectivity index (χ4n) is 4.93. The Bertz CT molecular complexity index is 625. The lowest BCUT2D eigenvalue weighted by atomic mass is 9.66. The quantitative estimate of drug-likeness (QED) is 0.705. The molecule has 0 N–H and O–H groups in total. The van der Waals surface area contributed by atoms with E-state index in [1.165, 1.54) is 18.4 Å². The summed E-state index contributed by atoms with van der Waals surface area (Å²) in [6.07, 6.45) is 7.97. The maximum Gasteiger partial charge on any atom is 0.0743 e. The summed E-state index contributed by atoms with van der Waals surface area (Å²) in [5.41, 5.74) is 6.27. The minimum Gasteiger partial charge on any atom is -0.371 e. The minimum atomic E-state index is 0.0786. The third-order valence-electron chi connectivity index (χ3n) is 6.19. The van der Waals surface area contributed by atoms with Crippen LogP contribution in [-0.2, 0) is 0 Å². The fourth-order valence-corrected chi connectivity index (χ4v) is 5.11. The van der Waals surface area contributed by atoms with Crippen molar-refractivity contribution in [2.75, 3.05) is 13.1 Å². The molecule has 21 heavy (non-hydrogen) atoms. The maximum atomic E-state index is 6.39. The van der Waals surface area contributed by atoms with Crippen LogP contribution in [0.1, 0.15) is 40.0 Å². The smallest absolute Gasteiger partial charge is 0.0743 e. The van der Waals surface area contributed by atoms with E-state index in [9.17, 15) is 0 Å². The average Bonchev–Trinajstić information content (AvgIpc) is 2.81. The second kappa shape index (κ2) is 4.49. The normalized spacial score (nSPS) is 37.7. The zero-order chi connectivity index (χ0) is 14.8. The number of halogens is 1. The van der Waals surface area contributed by atoms with Crippen LogP contribution in [0.4, 0.5) is 0 Å². The molecule has 2 aliphatic heterocycles. The molecule has 3 atom stereocenters.